The van der Waals surface area contributed by atoms with Crippen LogP contribution in [0.4, 0.5) is 0 Å². The Morgan fingerprint density at radius 1 is 0.952 bits per heavy atom. The molecule has 1 amide bonds. The molecule has 226 valence electrons. The molecule has 6 heteroatoms. The first-order valence-electron chi connectivity index (χ1n) is 15.0. The number of nitrogens with one attached hydrogen (secondary N) is 1. The standard InChI is InChI=1S/C31H34N2O4.C3H8.C2H6/c1-19(2)24-8-6-7-23(13-24)16-32-31(36)25-10-12-29-28(15-25)21(4)22(5)33(29)17-26-14-27(11-9-20(26)3)37-18-30(34)35;1-3-2;1-2/h6-15,19H,16-18H2,1-5H3,(H,32,36)(H,34,35);3H2,1-2H3;1-2H3. The summed E-state index contributed by atoms with van der Waals surface area (Å²) >= 11 is 0. The molecule has 0 aliphatic heterocycles. The minimum absolute atomic E-state index is 0.0965. The van der Waals surface area contributed by atoms with E-state index in [-0.39, 0.29) is 12.5 Å². The molecule has 0 aliphatic carbocycles. The van der Waals surface area contributed by atoms with E-state index in [1.807, 2.05) is 63.2 Å². The molecule has 4 rings (SSSR count). The summed E-state index contributed by atoms with van der Waals surface area (Å²) in [7, 11) is 0. The molecule has 6 nitrogen and oxygen atoms in total. The Morgan fingerprint density at radius 3 is 2.29 bits per heavy atom. The molecule has 4 aromatic rings. The van der Waals surface area contributed by atoms with Crippen molar-refractivity contribution in [2.24, 2.45) is 0 Å². The Hall–Kier alpha value is -4.06. The molecule has 0 atom stereocenters. The maximum atomic E-state index is 13.0. The van der Waals surface area contributed by atoms with Gasteiger partial charge in [-0.1, -0.05) is 78.3 Å². The van der Waals surface area contributed by atoms with Gasteiger partial charge in [0.25, 0.3) is 5.91 Å². The minimum Gasteiger partial charge on any atom is -0.482 e. The number of carboxylic acid groups (broad SMARTS) is 1. The number of nitrogens with zero attached hydrogens (tertiary/aromatic N) is 1. The van der Waals surface area contributed by atoms with Crippen LogP contribution in [0, 0.1) is 20.8 Å². The summed E-state index contributed by atoms with van der Waals surface area (Å²) in [4.78, 5) is 23.9. The second kappa shape index (κ2) is 16.4. The molecule has 3 aromatic carbocycles. The number of aromatic nitrogens is 1. The number of carboxylic acids is 1. The van der Waals surface area contributed by atoms with Gasteiger partial charge in [0.1, 0.15) is 5.75 Å². The molecule has 0 radical (unpaired) electrons. The molecule has 0 saturated carbocycles. The average molecular weight is 573 g/mol. The topological polar surface area (TPSA) is 80.6 Å². The number of benzene rings is 3. The van der Waals surface area contributed by atoms with Crippen molar-refractivity contribution in [3.63, 3.8) is 0 Å². The fourth-order valence-electron chi connectivity index (χ4n) is 4.56. The summed E-state index contributed by atoms with van der Waals surface area (Å²) in [5, 5.41) is 13.0. The molecule has 1 heterocycles. The third kappa shape index (κ3) is 8.97. The largest absolute Gasteiger partial charge is 0.482 e. The summed E-state index contributed by atoms with van der Waals surface area (Å²) < 4.78 is 7.61. The van der Waals surface area contributed by atoms with Gasteiger partial charge in [0, 0.05) is 35.2 Å². The second-order valence-corrected chi connectivity index (χ2v) is 10.6. The van der Waals surface area contributed by atoms with Gasteiger partial charge in [0.2, 0.25) is 0 Å². The average Bonchev–Trinajstić information content (AvgIpc) is 3.22. The summed E-state index contributed by atoms with van der Waals surface area (Å²) in [6.07, 6.45) is 1.25. The van der Waals surface area contributed by atoms with E-state index in [9.17, 15) is 9.59 Å². The van der Waals surface area contributed by atoms with Crippen LogP contribution in [0.3, 0.4) is 0 Å². The van der Waals surface area contributed by atoms with Crippen molar-refractivity contribution in [2.75, 3.05) is 6.61 Å². The van der Waals surface area contributed by atoms with Crippen LogP contribution in [-0.2, 0) is 17.9 Å². The van der Waals surface area contributed by atoms with E-state index in [4.69, 9.17) is 9.84 Å². The Balaban J connectivity index is 0.00000116. The van der Waals surface area contributed by atoms with Gasteiger partial charge in [-0.05, 0) is 84.8 Å². The van der Waals surface area contributed by atoms with E-state index in [0.717, 1.165) is 38.9 Å². The number of carbonyl (C=O) groups is 2. The smallest absolute Gasteiger partial charge is 0.341 e. The van der Waals surface area contributed by atoms with Gasteiger partial charge in [-0.15, -0.1) is 0 Å². The van der Waals surface area contributed by atoms with E-state index >= 15 is 0 Å². The Morgan fingerprint density at radius 2 is 1.64 bits per heavy atom. The number of aryl methyl sites for hydroxylation is 2. The van der Waals surface area contributed by atoms with Gasteiger partial charge < -0.3 is 19.7 Å². The number of carbonyl (C=O) groups excluding carboxylic acids is 1. The zero-order chi connectivity index (χ0) is 31.4. The highest BCUT2D eigenvalue weighted by molar-refractivity contribution is 5.99. The van der Waals surface area contributed by atoms with Crippen molar-refractivity contribution >= 4 is 22.8 Å². The summed E-state index contributed by atoms with van der Waals surface area (Å²) in [5.74, 6) is -0.127. The molecule has 0 bridgehead atoms. The third-order valence-corrected chi connectivity index (χ3v) is 6.98. The Labute approximate surface area is 251 Å². The first kappa shape index (κ1) is 34.1. The van der Waals surface area contributed by atoms with Crippen molar-refractivity contribution in [3.8, 4) is 5.75 Å². The quantitative estimate of drug-likeness (QED) is 0.210. The van der Waals surface area contributed by atoms with E-state index in [1.54, 1.807) is 6.07 Å². The number of hydrogen-bond donors (Lipinski definition) is 2. The number of hydrogen-bond acceptors (Lipinski definition) is 3. The third-order valence-electron chi connectivity index (χ3n) is 6.98. The van der Waals surface area contributed by atoms with Crippen molar-refractivity contribution in [1.29, 1.82) is 0 Å². The zero-order valence-corrected chi connectivity index (χ0v) is 26.8. The summed E-state index contributed by atoms with van der Waals surface area (Å²) in [6, 6.07) is 19.8. The number of ether oxygens (including phenoxy) is 1. The molecule has 0 unspecified atom stereocenters. The van der Waals surface area contributed by atoms with Crippen molar-refractivity contribution in [3.05, 3.63) is 99.7 Å². The molecule has 42 heavy (non-hydrogen) atoms. The van der Waals surface area contributed by atoms with Crippen LogP contribution in [0.2, 0.25) is 0 Å². The predicted molar refractivity (Wildman–Crippen MR) is 174 cm³/mol. The molecule has 0 saturated heterocycles. The number of fused-ring (bicyclic) bond motifs is 1. The number of amides is 1. The molecule has 0 spiro atoms. The normalized spacial score (nSPS) is 10.4. The fourth-order valence-corrected chi connectivity index (χ4v) is 4.56. The van der Waals surface area contributed by atoms with Crippen LogP contribution >= 0.6 is 0 Å². The molecule has 1 aromatic heterocycles. The van der Waals surface area contributed by atoms with Gasteiger partial charge in [-0.3, -0.25) is 4.79 Å². The van der Waals surface area contributed by atoms with Crippen LogP contribution in [0.15, 0.2) is 60.7 Å². The van der Waals surface area contributed by atoms with Crippen LogP contribution in [0.25, 0.3) is 10.9 Å². The number of rotatable bonds is 9. The van der Waals surface area contributed by atoms with Crippen molar-refractivity contribution in [1.82, 2.24) is 9.88 Å². The highest BCUT2D eigenvalue weighted by Gasteiger charge is 2.15. The van der Waals surface area contributed by atoms with Crippen LogP contribution in [0.1, 0.15) is 97.8 Å². The van der Waals surface area contributed by atoms with Crippen LogP contribution in [-0.4, -0.2) is 28.2 Å². The fraction of sp³-hybridized carbons (Fsp3) is 0.389. The first-order valence-corrected chi connectivity index (χ1v) is 15.0. The van der Waals surface area contributed by atoms with E-state index in [1.165, 1.54) is 12.0 Å². The Bertz CT molecular complexity index is 1480. The summed E-state index contributed by atoms with van der Waals surface area (Å²) in [5.41, 5.74) is 8.42. The van der Waals surface area contributed by atoms with E-state index < -0.39 is 5.97 Å². The lowest BCUT2D eigenvalue weighted by molar-refractivity contribution is -0.139. The summed E-state index contributed by atoms with van der Waals surface area (Å²) in [6.45, 7) is 19.5. The predicted octanol–water partition coefficient (Wildman–Crippen LogP) is 8.57. The lowest BCUT2D eigenvalue weighted by Crippen LogP contribution is -2.22. The highest BCUT2D eigenvalue weighted by Crippen LogP contribution is 2.29. The lowest BCUT2D eigenvalue weighted by atomic mass is 10.0. The van der Waals surface area contributed by atoms with Crippen LogP contribution in [0.5, 0.6) is 5.75 Å². The monoisotopic (exact) mass is 572 g/mol. The van der Waals surface area contributed by atoms with Gasteiger partial charge in [-0.25, -0.2) is 4.79 Å². The lowest BCUT2D eigenvalue weighted by Gasteiger charge is -2.13. The highest BCUT2D eigenvalue weighted by atomic mass is 16.5. The van der Waals surface area contributed by atoms with Crippen molar-refractivity contribution in [2.45, 2.75) is 87.7 Å². The zero-order valence-electron chi connectivity index (χ0n) is 26.8. The van der Waals surface area contributed by atoms with Gasteiger partial charge in [0.15, 0.2) is 6.61 Å². The molecule has 0 fully saturated rings. The SMILES string of the molecule is CC.CCC.Cc1ccc(OCC(=O)O)cc1Cn1c(C)c(C)c2cc(C(=O)NCc3cccc(C(C)C)c3)ccc21. The first-order chi connectivity index (χ1) is 20.0. The van der Waals surface area contributed by atoms with Gasteiger partial charge in [0.05, 0.1) is 0 Å². The maximum Gasteiger partial charge on any atom is 0.341 e. The van der Waals surface area contributed by atoms with Crippen molar-refractivity contribution < 1.29 is 19.4 Å². The van der Waals surface area contributed by atoms with Gasteiger partial charge in [-0.2, -0.15) is 0 Å². The number of aliphatic carboxylic acids is 1. The molecule has 0 aliphatic rings. The molecule has 2 N–H and O–H groups in total. The van der Waals surface area contributed by atoms with E-state index in [0.29, 0.717) is 30.3 Å². The van der Waals surface area contributed by atoms with Crippen LogP contribution < -0.4 is 10.1 Å². The molecular formula is C36H48N2O4. The Kier molecular flexibility index (Phi) is 13.3. The van der Waals surface area contributed by atoms with E-state index in [2.05, 4.69) is 63.6 Å². The second-order valence-electron chi connectivity index (χ2n) is 10.6. The minimum atomic E-state index is -1.01. The maximum absolute atomic E-state index is 13.0. The molecular weight excluding hydrogens is 524 g/mol. The van der Waals surface area contributed by atoms with Gasteiger partial charge >= 0.3 is 5.97 Å².